The molecule has 2 aliphatic carbocycles. The third-order valence-corrected chi connectivity index (χ3v) is 12.6. The SMILES string of the molecule is COCC[C@H]1[C@H](C)C/C=C\[C@H](O)[C@@H]2CC[C@H]2CN2C[C@@]3(CCCc4cc(Cl)ccc43)COc3ccc(cc32)C(=O)NS1(=O)=O. The van der Waals surface area contributed by atoms with Crippen LogP contribution in [0.15, 0.2) is 48.6 Å². The van der Waals surface area contributed by atoms with Gasteiger partial charge in [-0.25, -0.2) is 13.1 Å². The summed E-state index contributed by atoms with van der Waals surface area (Å²) in [5.74, 6) is 0.105. The smallest absolute Gasteiger partial charge is 0.264 e. The zero-order valence-electron chi connectivity index (χ0n) is 25.5. The number of anilines is 1. The highest BCUT2D eigenvalue weighted by molar-refractivity contribution is 7.90. The van der Waals surface area contributed by atoms with Gasteiger partial charge in [0, 0.05) is 42.8 Å². The van der Waals surface area contributed by atoms with E-state index in [0.29, 0.717) is 31.9 Å². The van der Waals surface area contributed by atoms with Gasteiger partial charge in [0.15, 0.2) is 0 Å². The summed E-state index contributed by atoms with van der Waals surface area (Å²) in [4.78, 5) is 15.9. The third kappa shape index (κ3) is 6.13. The van der Waals surface area contributed by atoms with Crippen LogP contribution >= 0.6 is 11.6 Å². The fourth-order valence-corrected chi connectivity index (χ4v) is 9.63. The van der Waals surface area contributed by atoms with E-state index in [1.807, 2.05) is 25.1 Å². The zero-order valence-corrected chi connectivity index (χ0v) is 27.1. The Morgan fingerprint density at radius 1 is 1.20 bits per heavy atom. The molecule has 2 aromatic rings. The average molecular weight is 643 g/mol. The summed E-state index contributed by atoms with van der Waals surface area (Å²) in [6.07, 6.45) is 8.72. The molecule has 1 spiro atoms. The number of halogens is 1. The van der Waals surface area contributed by atoms with Gasteiger partial charge in [-0.05, 0) is 104 Å². The molecule has 2 heterocycles. The van der Waals surface area contributed by atoms with Crippen molar-refractivity contribution in [2.75, 3.05) is 38.3 Å². The second-order valence-electron chi connectivity index (χ2n) is 13.2. The van der Waals surface area contributed by atoms with E-state index < -0.39 is 27.3 Å². The van der Waals surface area contributed by atoms with Crippen LogP contribution in [0.5, 0.6) is 5.75 Å². The molecule has 2 aliphatic heterocycles. The number of nitrogens with one attached hydrogen (secondary N) is 1. The molecule has 6 atom stereocenters. The van der Waals surface area contributed by atoms with Gasteiger partial charge in [0.1, 0.15) is 5.75 Å². The van der Waals surface area contributed by atoms with Gasteiger partial charge in [-0.3, -0.25) is 4.79 Å². The van der Waals surface area contributed by atoms with Crippen molar-refractivity contribution in [1.29, 1.82) is 0 Å². The number of carbonyl (C=O) groups excluding carboxylic acids is 1. The van der Waals surface area contributed by atoms with Gasteiger partial charge in [-0.1, -0.05) is 36.7 Å². The van der Waals surface area contributed by atoms with Crippen LogP contribution in [0.4, 0.5) is 5.69 Å². The fraction of sp³-hybridized carbons (Fsp3) is 0.559. The van der Waals surface area contributed by atoms with E-state index in [0.717, 1.165) is 42.8 Å². The molecule has 0 radical (unpaired) electrons. The number of nitrogens with zero attached hydrogens (tertiary/aromatic N) is 1. The lowest BCUT2D eigenvalue weighted by Crippen LogP contribution is -2.49. The van der Waals surface area contributed by atoms with E-state index in [1.54, 1.807) is 18.2 Å². The molecule has 1 amide bonds. The average Bonchev–Trinajstić information content (AvgIpc) is 3.11. The molecule has 1 fully saturated rings. The van der Waals surface area contributed by atoms with Crippen molar-refractivity contribution in [2.45, 2.75) is 68.6 Å². The number of aliphatic hydroxyl groups excluding tert-OH is 1. The molecule has 0 unspecified atom stereocenters. The molecule has 8 nitrogen and oxygen atoms in total. The molecular weight excluding hydrogens is 600 g/mol. The van der Waals surface area contributed by atoms with E-state index in [1.165, 1.54) is 18.2 Å². The van der Waals surface area contributed by atoms with E-state index >= 15 is 0 Å². The van der Waals surface area contributed by atoms with Crippen molar-refractivity contribution in [2.24, 2.45) is 17.8 Å². The van der Waals surface area contributed by atoms with Crippen LogP contribution in [-0.4, -0.2) is 64.2 Å². The highest BCUT2D eigenvalue weighted by atomic mass is 35.5. The van der Waals surface area contributed by atoms with Gasteiger partial charge in [0.05, 0.1) is 23.6 Å². The molecule has 2 bridgehead atoms. The highest BCUT2D eigenvalue weighted by Crippen LogP contribution is 2.46. The normalized spacial score (nSPS) is 32.3. The van der Waals surface area contributed by atoms with Gasteiger partial charge >= 0.3 is 0 Å². The van der Waals surface area contributed by atoms with Gasteiger partial charge in [-0.2, -0.15) is 0 Å². The largest absolute Gasteiger partial charge is 0.490 e. The minimum atomic E-state index is -4.02. The Morgan fingerprint density at radius 2 is 2.05 bits per heavy atom. The van der Waals surface area contributed by atoms with Crippen LogP contribution in [0.25, 0.3) is 0 Å². The number of amides is 1. The summed E-state index contributed by atoms with van der Waals surface area (Å²) in [6.45, 7) is 3.99. The van der Waals surface area contributed by atoms with Crippen LogP contribution in [0.1, 0.15) is 66.9 Å². The van der Waals surface area contributed by atoms with E-state index in [-0.39, 0.29) is 41.8 Å². The molecule has 0 saturated heterocycles. The van der Waals surface area contributed by atoms with Crippen molar-refractivity contribution in [3.8, 4) is 5.75 Å². The number of aliphatic hydroxyl groups is 1. The number of carbonyl (C=O) groups is 1. The first-order chi connectivity index (χ1) is 21.1. The molecule has 1 saturated carbocycles. The maximum Gasteiger partial charge on any atom is 0.264 e. The summed E-state index contributed by atoms with van der Waals surface area (Å²) in [5.41, 5.74) is 3.27. The van der Waals surface area contributed by atoms with E-state index in [2.05, 4.69) is 21.8 Å². The maximum absolute atomic E-state index is 13.6. The summed E-state index contributed by atoms with van der Waals surface area (Å²) < 4.78 is 41.3. The second kappa shape index (κ2) is 12.7. The molecule has 4 aliphatic rings. The summed E-state index contributed by atoms with van der Waals surface area (Å²) in [7, 11) is -2.49. The van der Waals surface area contributed by atoms with Crippen LogP contribution in [0.3, 0.4) is 0 Å². The van der Waals surface area contributed by atoms with Crippen molar-refractivity contribution in [3.63, 3.8) is 0 Å². The van der Waals surface area contributed by atoms with Crippen molar-refractivity contribution in [3.05, 3.63) is 70.3 Å². The van der Waals surface area contributed by atoms with Crippen molar-refractivity contribution >= 4 is 33.2 Å². The molecule has 2 N–H and O–H groups in total. The molecule has 6 rings (SSSR count). The fourth-order valence-electron chi connectivity index (χ4n) is 7.78. The predicted octanol–water partition coefficient (Wildman–Crippen LogP) is 5.26. The number of ether oxygens (including phenoxy) is 2. The van der Waals surface area contributed by atoms with Crippen LogP contribution in [0, 0.1) is 17.8 Å². The number of rotatable bonds is 3. The monoisotopic (exact) mass is 642 g/mol. The predicted molar refractivity (Wildman–Crippen MR) is 172 cm³/mol. The Morgan fingerprint density at radius 3 is 2.82 bits per heavy atom. The maximum atomic E-state index is 13.6. The number of fused-ring (bicyclic) bond motifs is 4. The Bertz CT molecular complexity index is 1530. The van der Waals surface area contributed by atoms with Crippen LogP contribution < -0.4 is 14.4 Å². The van der Waals surface area contributed by atoms with E-state index in [4.69, 9.17) is 21.1 Å². The molecule has 2 aromatic carbocycles. The molecule has 10 heteroatoms. The molecule has 0 aromatic heterocycles. The second-order valence-corrected chi connectivity index (χ2v) is 15.6. The molecular formula is C34H43ClN2O6S. The Kier molecular flexibility index (Phi) is 9.03. The number of sulfonamides is 1. The minimum absolute atomic E-state index is 0.106. The molecule has 44 heavy (non-hydrogen) atoms. The number of hydrogen-bond acceptors (Lipinski definition) is 7. The van der Waals surface area contributed by atoms with Crippen molar-refractivity contribution in [1.82, 2.24) is 4.72 Å². The summed E-state index contributed by atoms with van der Waals surface area (Å²) in [5, 5.41) is 11.1. The van der Waals surface area contributed by atoms with Gasteiger partial charge in [0.2, 0.25) is 10.0 Å². The highest BCUT2D eigenvalue weighted by Gasteiger charge is 2.44. The number of methoxy groups -OCH3 is 1. The zero-order chi connectivity index (χ0) is 31.1. The van der Waals surface area contributed by atoms with Gasteiger partial charge in [0.25, 0.3) is 5.91 Å². The minimum Gasteiger partial charge on any atom is -0.490 e. The van der Waals surface area contributed by atoms with Crippen molar-refractivity contribution < 1.29 is 27.8 Å². The first kappa shape index (κ1) is 31.4. The summed E-state index contributed by atoms with van der Waals surface area (Å²) in [6, 6.07) is 11.4. The number of benzene rings is 2. The topological polar surface area (TPSA) is 105 Å². The number of allylic oxidation sites excluding steroid dienone is 1. The first-order valence-electron chi connectivity index (χ1n) is 15.8. The van der Waals surface area contributed by atoms with Crippen LogP contribution in [-0.2, 0) is 26.6 Å². The standard InChI is InChI=1S/C34H43ClN2O6S/c1-22-5-3-7-30(38)27-11-8-25(27)19-37-20-34(15-4-6-23-17-26(35)10-12-28(23)34)21-43-31-13-9-24(18-29(31)37)33(39)36-44(40,41)32(22)14-16-42-2/h3,7,9-10,12-13,17-18,22,25,27,30,32,38H,4-6,8,11,14-16,19-21H2,1-2H3,(H,36,39)/b7-3-/t22-,25+,27-,30+,32+,34+/m1/s1. The third-order valence-electron chi connectivity index (χ3n) is 10.4. The van der Waals surface area contributed by atoms with E-state index in [9.17, 15) is 18.3 Å². The van der Waals surface area contributed by atoms with Gasteiger partial charge in [-0.15, -0.1) is 0 Å². The number of hydrogen-bond donors (Lipinski definition) is 2. The first-order valence-corrected chi connectivity index (χ1v) is 17.7. The number of aryl methyl sites for hydroxylation is 1. The molecule has 238 valence electrons. The lowest BCUT2D eigenvalue weighted by Gasteiger charge is -2.45. The quantitative estimate of drug-likeness (QED) is 0.440. The van der Waals surface area contributed by atoms with Crippen LogP contribution in [0.2, 0.25) is 5.02 Å². The van der Waals surface area contributed by atoms with Gasteiger partial charge < -0.3 is 19.5 Å². The lowest BCUT2D eigenvalue weighted by atomic mass is 9.68. The Hall–Kier alpha value is -2.59. The Labute approximate surface area is 265 Å². The lowest BCUT2D eigenvalue weighted by molar-refractivity contribution is 0.0455. The Balaban J connectivity index is 1.41. The summed E-state index contributed by atoms with van der Waals surface area (Å²) >= 11 is 6.40.